The molecule has 2 rings (SSSR count). The van der Waals surface area contributed by atoms with Crippen LogP contribution in [-0.4, -0.2) is 67.7 Å². The second-order valence-electron chi connectivity index (χ2n) is 5.35. The number of carbonyl (C=O) groups is 2. The molecule has 10 heteroatoms. The maximum Gasteiger partial charge on any atom is 0.242 e. The van der Waals surface area contributed by atoms with Gasteiger partial charge < -0.3 is 9.80 Å². The van der Waals surface area contributed by atoms with E-state index >= 15 is 0 Å². The number of pyridine rings is 1. The van der Waals surface area contributed by atoms with Crippen molar-refractivity contribution in [2.75, 3.05) is 32.7 Å². The van der Waals surface area contributed by atoms with E-state index in [9.17, 15) is 18.0 Å². The Morgan fingerprint density at radius 3 is 2.38 bits per heavy atom. The first-order valence-corrected chi connectivity index (χ1v) is 9.30. The molecule has 0 atom stereocenters. The molecule has 1 aromatic heterocycles. The summed E-state index contributed by atoms with van der Waals surface area (Å²) in [5, 5.41) is 0.203. The number of aromatic nitrogens is 1. The number of hydrogen-bond donors (Lipinski definition) is 1. The van der Waals surface area contributed by atoms with Gasteiger partial charge in [-0.2, -0.15) is 0 Å². The fourth-order valence-electron chi connectivity index (χ4n) is 2.33. The summed E-state index contributed by atoms with van der Waals surface area (Å²) >= 11 is 5.62. The molecule has 1 aromatic rings. The van der Waals surface area contributed by atoms with Crippen molar-refractivity contribution in [3.05, 3.63) is 23.5 Å². The quantitative estimate of drug-likeness (QED) is 0.736. The summed E-state index contributed by atoms with van der Waals surface area (Å²) in [4.78, 5) is 30.4. The average molecular weight is 375 g/mol. The van der Waals surface area contributed by atoms with Crippen molar-refractivity contribution in [1.29, 1.82) is 0 Å². The molecular formula is C14H19ClN4O4S. The minimum atomic E-state index is -3.72. The molecule has 1 saturated heterocycles. The summed E-state index contributed by atoms with van der Waals surface area (Å²) in [6.07, 6.45) is 1.22. The predicted octanol–water partition coefficient (Wildman–Crippen LogP) is 0.0941. The zero-order valence-corrected chi connectivity index (χ0v) is 14.8. The second kappa shape index (κ2) is 7.91. The van der Waals surface area contributed by atoms with Crippen LogP contribution in [0.4, 0.5) is 0 Å². The van der Waals surface area contributed by atoms with Gasteiger partial charge in [-0.1, -0.05) is 11.6 Å². The fraction of sp³-hybridized carbons (Fsp3) is 0.500. The Morgan fingerprint density at radius 2 is 1.83 bits per heavy atom. The highest BCUT2D eigenvalue weighted by atomic mass is 35.5. The molecule has 1 fully saturated rings. The first kappa shape index (κ1) is 18.6. The van der Waals surface area contributed by atoms with Crippen LogP contribution in [0.3, 0.4) is 0 Å². The summed E-state index contributed by atoms with van der Waals surface area (Å²) in [6.45, 7) is 3.43. The maximum atomic E-state index is 12.1. The summed E-state index contributed by atoms with van der Waals surface area (Å²) in [5.74, 6) is -0.151. The Kier molecular flexibility index (Phi) is 6.14. The summed E-state index contributed by atoms with van der Waals surface area (Å²) in [7, 11) is -3.72. The molecule has 0 aliphatic carbocycles. The van der Waals surface area contributed by atoms with E-state index in [0.29, 0.717) is 26.2 Å². The van der Waals surface area contributed by atoms with Crippen molar-refractivity contribution in [3.63, 3.8) is 0 Å². The molecule has 1 aliphatic heterocycles. The topological polar surface area (TPSA) is 99.7 Å². The zero-order chi connectivity index (χ0) is 17.7. The number of rotatable bonds is 5. The van der Waals surface area contributed by atoms with Gasteiger partial charge in [-0.25, -0.2) is 18.1 Å². The van der Waals surface area contributed by atoms with E-state index in [1.807, 2.05) is 0 Å². The highest BCUT2D eigenvalue weighted by molar-refractivity contribution is 7.89. The molecule has 24 heavy (non-hydrogen) atoms. The third-order valence-electron chi connectivity index (χ3n) is 3.72. The van der Waals surface area contributed by atoms with E-state index in [-0.39, 0.29) is 34.8 Å². The number of nitrogens with one attached hydrogen (secondary N) is 1. The third kappa shape index (κ3) is 4.89. The number of hydrogen-bond acceptors (Lipinski definition) is 5. The molecule has 0 saturated carbocycles. The van der Waals surface area contributed by atoms with Crippen LogP contribution in [0.5, 0.6) is 0 Å². The van der Waals surface area contributed by atoms with Crippen LogP contribution in [0.2, 0.25) is 5.15 Å². The van der Waals surface area contributed by atoms with E-state index in [2.05, 4.69) is 9.71 Å². The van der Waals surface area contributed by atoms with Gasteiger partial charge in [0.15, 0.2) is 0 Å². The molecule has 2 heterocycles. The van der Waals surface area contributed by atoms with Crippen molar-refractivity contribution >= 4 is 33.4 Å². The first-order valence-electron chi connectivity index (χ1n) is 7.44. The number of piperazine rings is 1. The lowest BCUT2D eigenvalue weighted by atomic mass is 10.3. The Balaban J connectivity index is 1.80. The van der Waals surface area contributed by atoms with Crippen LogP contribution < -0.4 is 4.72 Å². The standard InChI is InChI=1S/C14H19ClN4O4S/c1-11(20)18-6-8-19(9-7-18)14(21)4-5-17-24(22,23)12-2-3-13(15)16-10-12/h2-3,10,17H,4-9H2,1H3. The molecule has 0 aromatic carbocycles. The summed E-state index contributed by atoms with van der Waals surface area (Å²) in [5.41, 5.74) is 0. The van der Waals surface area contributed by atoms with Crippen LogP contribution in [0.15, 0.2) is 23.2 Å². The van der Waals surface area contributed by atoms with Crippen LogP contribution in [0.25, 0.3) is 0 Å². The molecule has 0 spiro atoms. The summed E-state index contributed by atoms with van der Waals surface area (Å²) in [6, 6.07) is 2.73. The van der Waals surface area contributed by atoms with Crippen molar-refractivity contribution < 1.29 is 18.0 Å². The van der Waals surface area contributed by atoms with Crippen molar-refractivity contribution in [2.45, 2.75) is 18.2 Å². The van der Waals surface area contributed by atoms with Gasteiger partial charge in [-0.05, 0) is 12.1 Å². The number of sulfonamides is 1. The largest absolute Gasteiger partial charge is 0.339 e. The molecule has 1 aliphatic rings. The predicted molar refractivity (Wildman–Crippen MR) is 87.9 cm³/mol. The van der Waals surface area contributed by atoms with Gasteiger partial charge in [0.05, 0.1) is 0 Å². The zero-order valence-electron chi connectivity index (χ0n) is 13.2. The highest BCUT2D eigenvalue weighted by Crippen LogP contribution is 2.10. The Hall–Kier alpha value is -1.71. The van der Waals surface area contributed by atoms with Gasteiger partial charge in [0.25, 0.3) is 0 Å². The number of amides is 2. The lowest BCUT2D eigenvalue weighted by Crippen LogP contribution is -2.50. The van der Waals surface area contributed by atoms with Crippen molar-refractivity contribution in [2.24, 2.45) is 0 Å². The van der Waals surface area contributed by atoms with Crippen LogP contribution >= 0.6 is 11.6 Å². The Labute approximate surface area is 145 Å². The average Bonchev–Trinajstić information content (AvgIpc) is 2.55. The van der Waals surface area contributed by atoms with Gasteiger partial charge >= 0.3 is 0 Å². The van der Waals surface area contributed by atoms with Crippen LogP contribution in [-0.2, 0) is 19.6 Å². The minimum Gasteiger partial charge on any atom is -0.339 e. The SMILES string of the molecule is CC(=O)N1CCN(C(=O)CCNS(=O)(=O)c2ccc(Cl)nc2)CC1. The molecular weight excluding hydrogens is 356 g/mol. The molecule has 1 N–H and O–H groups in total. The summed E-state index contributed by atoms with van der Waals surface area (Å²) < 4.78 is 26.5. The molecule has 8 nitrogen and oxygen atoms in total. The van der Waals surface area contributed by atoms with Gasteiger partial charge in [-0.3, -0.25) is 9.59 Å². The van der Waals surface area contributed by atoms with E-state index in [4.69, 9.17) is 11.6 Å². The fourth-order valence-corrected chi connectivity index (χ4v) is 3.41. The highest BCUT2D eigenvalue weighted by Gasteiger charge is 2.22. The molecule has 0 radical (unpaired) electrons. The van der Waals surface area contributed by atoms with E-state index in [0.717, 1.165) is 6.20 Å². The number of carbonyl (C=O) groups excluding carboxylic acids is 2. The minimum absolute atomic E-state index is 0.00326. The number of halogens is 1. The molecule has 0 unspecified atom stereocenters. The Bertz CT molecular complexity index is 700. The van der Waals surface area contributed by atoms with Gasteiger partial charge in [0.2, 0.25) is 21.8 Å². The molecule has 132 valence electrons. The molecule has 2 amide bonds. The first-order chi connectivity index (χ1) is 11.3. The molecule has 0 bridgehead atoms. The number of nitrogens with zero attached hydrogens (tertiary/aromatic N) is 3. The van der Waals surface area contributed by atoms with E-state index in [1.165, 1.54) is 19.1 Å². The van der Waals surface area contributed by atoms with Crippen LogP contribution in [0, 0.1) is 0 Å². The van der Waals surface area contributed by atoms with Gasteiger partial charge in [0.1, 0.15) is 10.0 Å². The maximum absolute atomic E-state index is 12.1. The lowest BCUT2D eigenvalue weighted by Gasteiger charge is -2.34. The monoisotopic (exact) mass is 374 g/mol. The smallest absolute Gasteiger partial charge is 0.242 e. The lowest BCUT2D eigenvalue weighted by molar-refractivity contribution is -0.138. The van der Waals surface area contributed by atoms with Gasteiger partial charge in [0, 0.05) is 52.3 Å². The van der Waals surface area contributed by atoms with E-state index < -0.39 is 10.0 Å². The van der Waals surface area contributed by atoms with Crippen LogP contribution in [0.1, 0.15) is 13.3 Å². The van der Waals surface area contributed by atoms with Crippen molar-refractivity contribution in [3.8, 4) is 0 Å². The third-order valence-corrected chi connectivity index (χ3v) is 5.39. The van der Waals surface area contributed by atoms with E-state index in [1.54, 1.807) is 9.80 Å². The van der Waals surface area contributed by atoms with Crippen molar-refractivity contribution in [1.82, 2.24) is 19.5 Å². The second-order valence-corrected chi connectivity index (χ2v) is 7.51. The Morgan fingerprint density at radius 1 is 1.21 bits per heavy atom. The van der Waals surface area contributed by atoms with Gasteiger partial charge in [-0.15, -0.1) is 0 Å². The normalized spacial score (nSPS) is 15.4.